The molecule has 1 atom stereocenters. The zero-order valence-electron chi connectivity index (χ0n) is 29.3. The third-order valence-electron chi connectivity index (χ3n) is 9.22. The number of carbonyl (C=O) groups is 3. The molecule has 0 unspecified atom stereocenters. The summed E-state index contributed by atoms with van der Waals surface area (Å²) in [6.45, 7) is 7.44. The van der Waals surface area contributed by atoms with Gasteiger partial charge in [-0.15, -0.1) is 11.3 Å². The molecule has 1 aliphatic carbocycles. The first-order chi connectivity index (χ1) is 23.0. The highest BCUT2D eigenvalue weighted by Gasteiger charge is 2.26. The van der Waals surface area contributed by atoms with Crippen molar-refractivity contribution in [2.75, 3.05) is 26.2 Å². The van der Waals surface area contributed by atoms with Gasteiger partial charge in [-0.1, -0.05) is 82.9 Å². The number of amides is 2. The lowest BCUT2D eigenvalue weighted by Crippen LogP contribution is -2.41. The van der Waals surface area contributed by atoms with E-state index in [0.29, 0.717) is 31.2 Å². The molecule has 2 amide bonds. The summed E-state index contributed by atoms with van der Waals surface area (Å²) in [5.41, 5.74) is 2.46. The van der Waals surface area contributed by atoms with Crippen molar-refractivity contribution in [3.05, 3.63) is 51.7 Å². The first-order valence-electron chi connectivity index (χ1n) is 18.6. The van der Waals surface area contributed by atoms with E-state index in [1.807, 2.05) is 30.4 Å². The molecule has 1 heterocycles. The highest BCUT2D eigenvalue weighted by atomic mass is 32.1. The monoisotopic (exact) mass is 667 g/mol. The van der Waals surface area contributed by atoms with Crippen LogP contribution in [0.5, 0.6) is 5.75 Å². The topological polar surface area (TPSA) is 87.7 Å². The lowest BCUT2D eigenvalue weighted by atomic mass is 9.86. The Morgan fingerprint density at radius 2 is 1.47 bits per heavy atom. The smallest absolute Gasteiger partial charge is 0.312 e. The number of fused-ring (bicyclic) bond motifs is 1. The van der Waals surface area contributed by atoms with E-state index in [2.05, 4.69) is 46.0 Å². The fourth-order valence-electron chi connectivity index (χ4n) is 6.65. The molecule has 1 aliphatic rings. The number of nitrogens with zero attached hydrogens (tertiary/aromatic N) is 1. The predicted octanol–water partition coefficient (Wildman–Crippen LogP) is 8.18. The van der Waals surface area contributed by atoms with Crippen molar-refractivity contribution >= 4 is 29.1 Å². The van der Waals surface area contributed by atoms with Gasteiger partial charge in [0.15, 0.2) is 0 Å². The molecule has 0 bridgehead atoms. The molecule has 1 aromatic carbocycles. The van der Waals surface area contributed by atoms with Gasteiger partial charge in [0.2, 0.25) is 11.8 Å². The van der Waals surface area contributed by atoms with Gasteiger partial charge in [0.1, 0.15) is 5.75 Å². The minimum Gasteiger partial charge on any atom is -0.426 e. The maximum Gasteiger partial charge on any atom is 0.312 e. The lowest BCUT2D eigenvalue weighted by molar-refractivity contribution is -0.134. The maximum absolute atomic E-state index is 12.7. The summed E-state index contributed by atoms with van der Waals surface area (Å²) in [7, 11) is 0. The van der Waals surface area contributed by atoms with Gasteiger partial charge < -0.3 is 15.4 Å². The van der Waals surface area contributed by atoms with Crippen molar-refractivity contribution in [2.45, 2.75) is 142 Å². The number of rotatable bonds is 25. The Balaban J connectivity index is 1.22. The largest absolute Gasteiger partial charge is 0.426 e. The number of thiophene rings is 1. The minimum absolute atomic E-state index is 0.0174. The molecule has 7 nitrogen and oxygen atoms in total. The zero-order chi connectivity index (χ0) is 33.5. The number of hydrogen-bond donors (Lipinski definition) is 2. The van der Waals surface area contributed by atoms with Gasteiger partial charge in [-0.2, -0.15) is 0 Å². The van der Waals surface area contributed by atoms with E-state index in [0.717, 1.165) is 77.4 Å². The molecule has 262 valence electrons. The van der Waals surface area contributed by atoms with Crippen LogP contribution in [0, 0.1) is 0 Å². The molecule has 2 N–H and O–H groups in total. The van der Waals surface area contributed by atoms with Crippen LogP contribution in [0.2, 0.25) is 0 Å². The van der Waals surface area contributed by atoms with Crippen LogP contribution in [-0.2, 0) is 33.6 Å². The van der Waals surface area contributed by atoms with E-state index in [9.17, 15) is 14.4 Å². The first kappa shape index (κ1) is 38.7. The highest BCUT2D eigenvalue weighted by molar-refractivity contribution is 7.09. The molecular formula is C39H61N3O4S. The maximum atomic E-state index is 12.7. The molecule has 0 aliphatic heterocycles. The minimum atomic E-state index is -0.288. The Labute approximate surface area is 288 Å². The van der Waals surface area contributed by atoms with Gasteiger partial charge in [0.05, 0.1) is 6.42 Å². The van der Waals surface area contributed by atoms with Crippen LogP contribution < -0.4 is 15.4 Å². The van der Waals surface area contributed by atoms with Crippen molar-refractivity contribution in [1.82, 2.24) is 15.5 Å². The summed E-state index contributed by atoms with van der Waals surface area (Å²) in [6.07, 6.45) is 19.3. The molecule has 0 spiro atoms. The molecule has 1 aromatic heterocycles. The molecule has 0 saturated carbocycles. The van der Waals surface area contributed by atoms with Crippen LogP contribution in [0.3, 0.4) is 0 Å². The summed E-state index contributed by atoms with van der Waals surface area (Å²) in [5.74, 6) is 0.592. The number of benzene rings is 1. The number of unbranched alkanes of at least 4 members (excludes halogenated alkanes) is 10. The summed E-state index contributed by atoms with van der Waals surface area (Å²) in [4.78, 5) is 40.5. The average Bonchev–Trinajstić information content (AvgIpc) is 3.59. The second-order valence-corrected chi connectivity index (χ2v) is 14.1. The average molecular weight is 668 g/mol. The Bertz CT molecular complexity index is 1170. The summed E-state index contributed by atoms with van der Waals surface area (Å²) in [6, 6.07) is 11.0. The molecule has 8 heteroatoms. The number of ether oxygens (including phenoxy) is 1. The van der Waals surface area contributed by atoms with E-state index >= 15 is 0 Å². The van der Waals surface area contributed by atoms with Crippen molar-refractivity contribution in [3.63, 3.8) is 0 Å². The number of esters is 1. The molecule has 47 heavy (non-hydrogen) atoms. The third kappa shape index (κ3) is 15.8. The molecular weight excluding hydrogens is 607 g/mol. The van der Waals surface area contributed by atoms with Crippen LogP contribution in [0.4, 0.5) is 0 Å². The zero-order valence-corrected chi connectivity index (χ0v) is 30.1. The van der Waals surface area contributed by atoms with Crippen molar-refractivity contribution in [1.29, 1.82) is 0 Å². The number of carbonyl (C=O) groups excluding carboxylic acids is 3. The van der Waals surface area contributed by atoms with Crippen LogP contribution in [0.25, 0.3) is 0 Å². The first-order valence-corrected chi connectivity index (χ1v) is 19.5. The Morgan fingerprint density at radius 1 is 0.809 bits per heavy atom. The highest BCUT2D eigenvalue weighted by Crippen LogP contribution is 2.32. The van der Waals surface area contributed by atoms with Crippen molar-refractivity contribution in [3.8, 4) is 5.75 Å². The summed E-state index contributed by atoms with van der Waals surface area (Å²) < 4.78 is 5.81. The van der Waals surface area contributed by atoms with Gasteiger partial charge in [-0.25, -0.2) is 0 Å². The SMILES string of the molecule is CCCN(CCc1cccs1)[C@@H]1CCc2c(cccc2OC(=O)CCNC(=O)CCCCCCCCCCCCCC(=O)NCC)C1. The normalized spacial score (nSPS) is 14.1. The van der Waals surface area contributed by atoms with Crippen molar-refractivity contribution < 1.29 is 19.1 Å². The molecule has 0 radical (unpaired) electrons. The predicted molar refractivity (Wildman–Crippen MR) is 194 cm³/mol. The lowest BCUT2D eigenvalue weighted by Gasteiger charge is -2.35. The standard InChI is InChI=1S/C39H61N3O4S/c1-3-28-42(29-26-34-19-17-30-47-34)33-23-24-35-32(31-33)18-16-20-36(35)46-39(45)25-27-41-38(44)22-15-13-11-9-7-5-6-8-10-12-14-21-37(43)40-4-2/h16-20,30,33H,3-15,21-29,31H2,1-2H3,(H,40,43)(H,41,44)/t33-/m1/s1. The molecule has 3 rings (SSSR count). The van der Waals surface area contributed by atoms with Crippen LogP contribution in [-0.4, -0.2) is 54.9 Å². The Hall–Kier alpha value is -2.71. The van der Waals surface area contributed by atoms with Gasteiger partial charge >= 0.3 is 5.97 Å². The Kier molecular flexibility index (Phi) is 19.4. The second kappa shape index (κ2) is 23.6. The number of nitrogens with one attached hydrogen (secondary N) is 2. The Morgan fingerprint density at radius 3 is 2.09 bits per heavy atom. The van der Waals surface area contributed by atoms with Crippen LogP contribution >= 0.6 is 11.3 Å². The molecule has 0 fully saturated rings. The third-order valence-corrected chi connectivity index (χ3v) is 10.2. The van der Waals surface area contributed by atoms with Gasteiger partial charge in [-0.05, 0) is 87.1 Å². The summed E-state index contributed by atoms with van der Waals surface area (Å²) in [5, 5.41) is 7.91. The molecule has 2 aromatic rings. The van der Waals surface area contributed by atoms with E-state index in [1.165, 1.54) is 60.9 Å². The number of hydrogen-bond acceptors (Lipinski definition) is 6. The van der Waals surface area contributed by atoms with E-state index in [-0.39, 0.29) is 24.2 Å². The van der Waals surface area contributed by atoms with Gasteiger partial charge in [-0.3, -0.25) is 19.3 Å². The second-order valence-electron chi connectivity index (χ2n) is 13.1. The quantitative estimate of drug-likeness (QED) is 0.0634. The van der Waals surface area contributed by atoms with Crippen LogP contribution in [0.1, 0.15) is 133 Å². The van der Waals surface area contributed by atoms with Crippen LogP contribution in [0.15, 0.2) is 35.7 Å². The summed E-state index contributed by atoms with van der Waals surface area (Å²) >= 11 is 1.84. The van der Waals surface area contributed by atoms with E-state index < -0.39 is 0 Å². The van der Waals surface area contributed by atoms with Crippen molar-refractivity contribution in [2.24, 2.45) is 0 Å². The van der Waals surface area contributed by atoms with Gasteiger partial charge in [0.25, 0.3) is 0 Å². The van der Waals surface area contributed by atoms with Gasteiger partial charge in [0, 0.05) is 43.4 Å². The van der Waals surface area contributed by atoms with E-state index in [4.69, 9.17) is 4.74 Å². The fourth-order valence-corrected chi connectivity index (χ4v) is 7.34. The van der Waals surface area contributed by atoms with E-state index in [1.54, 1.807) is 0 Å². The molecule has 0 saturated heterocycles. The fraction of sp³-hybridized carbons (Fsp3) is 0.667.